The number of nitrogens with one attached hydrogen (secondary N) is 1. The molecule has 0 aromatic carbocycles. The van der Waals surface area contributed by atoms with Crippen molar-refractivity contribution in [1.82, 2.24) is 10.2 Å². The minimum atomic E-state index is -4.92. The van der Waals surface area contributed by atoms with Crippen molar-refractivity contribution in [3.8, 4) is 0 Å². The minimum Gasteiger partial charge on any atom is -0.448 e. The summed E-state index contributed by atoms with van der Waals surface area (Å²) in [6.45, 7) is -1.01. The zero-order chi connectivity index (χ0) is 13.1. The predicted molar refractivity (Wildman–Crippen MR) is 58.5 cm³/mol. The molecule has 0 radical (unpaired) electrons. The number of amides is 1. The van der Waals surface area contributed by atoms with E-state index in [1.54, 1.807) is 13.8 Å². The smallest absolute Gasteiger partial charge is 0.448 e. The van der Waals surface area contributed by atoms with Crippen molar-refractivity contribution in [3.63, 3.8) is 0 Å². The lowest BCUT2D eigenvalue weighted by Gasteiger charge is -2.37. The van der Waals surface area contributed by atoms with Gasteiger partial charge in [-0.1, -0.05) is 0 Å². The van der Waals surface area contributed by atoms with Crippen LogP contribution in [-0.2, 0) is 9.53 Å². The summed E-state index contributed by atoms with van der Waals surface area (Å²) in [4.78, 5) is 12.9. The summed E-state index contributed by atoms with van der Waals surface area (Å²) in [5, 5.41) is 2.61. The number of rotatable bonds is 4. The molecule has 0 spiro atoms. The minimum absolute atomic E-state index is 0.0186. The van der Waals surface area contributed by atoms with Crippen LogP contribution in [0.5, 0.6) is 0 Å². The van der Waals surface area contributed by atoms with Gasteiger partial charge in [0.25, 0.3) is 0 Å². The number of morpholine rings is 1. The Labute approximate surface area is 98.5 Å². The van der Waals surface area contributed by atoms with Crippen molar-refractivity contribution in [2.75, 3.05) is 26.2 Å². The Bertz CT molecular complexity index is 273. The van der Waals surface area contributed by atoms with Gasteiger partial charge in [0.05, 0.1) is 13.2 Å². The highest BCUT2D eigenvalue weighted by atomic mass is 19.4. The Kier molecular flexibility index (Phi) is 4.82. The normalized spacial score (nSPS) is 22.8. The van der Waals surface area contributed by atoms with E-state index >= 15 is 0 Å². The second-order valence-electron chi connectivity index (χ2n) is 4.46. The van der Waals surface area contributed by atoms with Gasteiger partial charge in [0, 0.05) is 12.6 Å². The molecule has 100 valence electrons. The Hall–Kier alpha value is -0.755. The Morgan fingerprint density at radius 1 is 1.53 bits per heavy atom. The second-order valence-corrected chi connectivity index (χ2v) is 4.46. The lowest BCUT2D eigenvalue weighted by molar-refractivity contribution is -0.132. The molecule has 8 heteroatoms. The first-order valence-corrected chi connectivity index (χ1v) is 5.63. The maximum atomic E-state index is 12.4. The number of halogens is 3. The molecule has 1 N–H and O–H groups in total. The van der Waals surface area contributed by atoms with Gasteiger partial charge in [0.2, 0.25) is 5.91 Å². The van der Waals surface area contributed by atoms with E-state index < -0.39 is 25.4 Å². The van der Waals surface area contributed by atoms with Crippen LogP contribution in [0.2, 0.25) is 0 Å². The van der Waals surface area contributed by atoms with Crippen LogP contribution in [0.4, 0.5) is 12.9 Å². The third-order valence-electron chi connectivity index (χ3n) is 2.41. The Morgan fingerprint density at radius 3 is 2.71 bits per heavy atom. The highest BCUT2D eigenvalue weighted by Crippen LogP contribution is 2.15. The summed E-state index contributed by atoms with van der Waals surface area (Å²) in [7, 11) is 0. The lowest BCUT2D eigenvalue weighted by Crippen LogP contribution is -2.57. The van der Waals surface area contributed by atoms with E-state index in [0.717, 1.165) is 4.90 Å². The molecule has 1 heterocycles. The van der Waals surface area contributed by atoms with Gasteiger partial charge in [-0.3, -0.25) is 4.79 Å². The van der Waals surface area contributed by atoms with Gasteiger partial charge in [-0.25, -0.2) is 0 Å². The van der Waals surface area contributed by atoms with Gasteiger partial charge in [-0.2, -0.15) is 0 Å². The van der Waals surface area contributed by atoms with Crippen LogP contribution in [-0.4, -0.2) is 56.1 Å². The molecule has 1 aliphatic heterocycles. The zero-order valence-electron chi connectivity index (χ0n) is 9.96. The van der Waals surface area contributed by atoms with Crippen LogP contribution in [0.25, 0.3) is 0 Å². The maximum Gasteiger partial charge on any atom is 0.492 e. The molecule has 1 unspecified atom stereocenters. The number of nitrogens with zero attached hydrogens (tertiary/aromatic N) is 1. The van der Waals surface area contributed by atoms with E-state index in [4.69, 9.17) is 4.74 Å². The van der Waals surface area contributed by atoms with E-state index in [1.165, 1.54) is 0 Å². The highest BCUT2D eigenvalue weighted by Gasteiger charge is 2.35. The van der Waals surface area contributed by atoms with Gasteiger partial charge in [-0.15, -0.1) is 0 Å². The first-order chi connectivity index (χ1) is 7.79. The molecular formula is C9H17BF3N2O2-. The van der Waals surface area contributed by atoms with E-state index in [2.05, 4.69) is 5.32 Å². The van der Waals surface area contributed by atoms with Crippen molar-refractivity contribution in [3.05, 3.63) is 0 Å². The summed E-state index contributed by atoms with van der Waals surface area (Å²) < 4.78 is 42.2. The number of hydrogen-bond donors (Lipinski definition) is 1. The Balaban J connectivity index is 2.62. The summed E-state index contributed by atoms with van der Waals surface area (Å²) >= 11 is 0. The highest BCUT2D eigenvalue weighted by molar-refractivity contribution is 6.58. The van der Waals surface area contributed by atoms with Crippen molar-refractivity contribution >= 4 is 12.9 Å². The number of carbonyl (C=O) groups excluding carboxylic acids is 1. The molecule has 1 aliphatic rings. The van der Waals surface area contributed by atoms with Gasteiger partial charge in [0.15, 0.2) is 0 Å². The van der Waals surface area contributed by atoms with Crippen molar-refractivity contribution < 1.29 is 22.5 Å². The largest absolute Gasteiger partial charge is 0.492 e. The van der Waals surface area contributed by atoms with Crippen molar-refractivity contribution in [2.45, 2.75) is 25.9 Å². The van der Waals surface area contributed by atoms with Crippen LogP contribution >= 0.6 is 0 Å². The average molecular weight is 253 g/mol. The molecule has 0 aromatic heterocycles. The molecule has 0 saturated carbocycles. The molecule has 1 rings (SSSR count). The summed E-state index contributed by atoms with van der Waals surface area (Å²) in [6.07, 6.45) is -1.01. The fourth-order valence-corrected chi connectivity index (χ4v) is 1.74. The third kappa shape index (κ3) is 4.95. The van der Waals surface area contributed by atoms with E-state index in [9.17, 15) is 17.7 Å². The molecule has 1 atom stereocenters. The molecule has 1 amide bonds. The molecular weight excluding hydrogens is 236 g/mol. The Morgan fingerprint density at radius 2 is 2.18 bits per heavy atom. The first-order valence-electron chi connectivity index (χ1n) is 5.63. The number of ether oxygens (including phenoxy) is 1. The van der Waals surface area contributed by atoms with Crippen LogP contribution in [0.1, 0.15) is 13.8 Å². The monoisotopic (exact) mass is 253 g/mol. The van der Waals surface area contributed by atoms with Crippen LogP contribution in [0.15, 0.2) is 0 Å². The third-order valence-corrected chi connectivity index (χ3v) is 2.41. The molecule has 0 bridgehead atoms. The van der Waals surface area contributed by atoms with Gasteiger partial charge in [-0.05, 0) is 20.3 Å². The van der Waals surface area contributed by atoms with E-state index in [1.807, 2.05) is 0 Å². The summed E-state index contributed by atoms with van der Waals surface area (Å²) in [5.41, 5.74) is 0. The van der Waals surface area contributed by atoms with Crippen LogP contribution in [0, 0.1) is 0 Å². The van der Waals surface area contributed by atoms with Crippen LogP contribution in [0.3, 0.4) is 0 Å². The predicted octanol–water partition coefficient (Wildman–Crippen LogP) is 0.598. The fourth-order valence-electron chi connectivity index (χ4n) is 1.74. The van der Waals surface area contributed by atoms with Gasteiger partial charge in [0.1, 0.15) is 6.04 Å². The first kappa shape index (κ1) is 14.3. The average Bonchev–Trinajstić information content (AvgIpc) is 2.14. The topological polar surface area (TPSA) is 41.6 Å². The molecule has 0 aromatic rings. The molecule has 1 saturated heterocycles. The molecule has 0 aliphatic carbocycles. The number of carbonyl (C=O) groups is 1. The zero-order valence-corrected chi connectivity index (χ0v) is 9.96. The SMILES string of the molecule is CC(C)NC(=O)C1COCCN1C[B-](F)(F)F. The fraction of sp³-hybridized carbons (Fsp3) is 0.889. The molecule has 4 nitrogen and oxygen atoms in total. The maximum absolute atomic E-state index is 12.4. The van der Waals surface area contributed by atoms with E-state index in [-0.39, 0.29) is 25.8 Å². The summed E-state index contributed by atoms with van der Waals surface area (Å²) in [5.74, 6) is -0.403. The molecule has 17 heavy (non-hydrogen) atoms. The van der Waals surface area contributed by atoms with Gasteiger partial charge < -0.3 is 27.9 Å². The van der Waals surface area contributed by atoms with E-state index in [0.29, 0.717) is 0 Å². The standard InChI is InChI=1S/C9H17BF3N2O2/c1-7(2)14-9(16)8-5-17-4-3-15(8)6-10(11,12)13/h7-8H,3-6H2,1-2H3,(H,14,16)/q-1. The second kappa shape index (κ2) is 5.73. The van der Waals surface area contributed by atoms with Gasteiger partial charge >= 0.3 is 6.98 Å². The van der Waals surface area contributed by atoms with Crippen LogP contribution < -0.4 is 5.32 Å². The quantitative estimate of drug-likeness (QED) is 0.746. The molecule has 1 fully saturated rings. The van der Waals surface area contributed by atoms with Crippen molar-refractivity contribution in [1.29, 1.82) is 0 Å². The number of hydrogen-bond acceptors (Lipinski definition) is 3. The summed E-state index contributed by atoms with van der Waals surface area (Å²) in [6, 6.07) is -0.933. The lowest BCUT2D eigenvalue weighted by atomic mass is 9.90. The van der Waals surface area contributed by atoms with Crippen molar-refractivity contribution in [2.24, 2.45) is 0 Å².